The van der Waals surface area contributed by atoms with Gasteiger partial charge in [0, 0.05) is 26.1 Å². The zero-order valence-electron chi connectivity index (χ0n) is 12.2. The number of carbonyl (C=O) groups is 2. The van der Waals surface area contributed by atoms with Crippen molar-refractivity contribution in [2.45, 2.75) is 25.2 Å². The van der Waals surface area contributed by atoms with E-state index >= 15 is 0 Å². The fourth-order valence-electron chi connectivity index (χ4n) is 2.72. The van der Waals surface area contributed by atoms with Crippen molar-refractivity contribution in [1.82, 2.24) is 4.90 Å². The summed E-state index contributed by atoms with van der Waals surface area (Å²) in [4.78, 5) is 24.8. The van der Waals surface area contributed by atoms with E-state index in [1.807, 2.05) is 17.0 Å². The minimum Gasteiger partial charge on any atom is -0.478 e. The molecular weight excluding hydrogens is 270 g/mol. The fraction of sp³-hybridized carbons (Fsp3) is 0.500. The predicted octanol–water partition coefficient (Wildman–Crippen LogP) is 2.13. The monoisotopic (exact) mass is 291 g/mol. The van der Waals surface area contributed by atoms with Gasteiger partial charge in [0.05, 0.1) is 18.6 Å². The number of nitrogens with zero attached hydrogens (tertiary/aromatic N) is 1. The first kappa shape index (κ1) is 15.5. The number of ether oxygens (including phenoxy) is 1. The Morgan fingerprint density at radius 3 is 2.67 bits per heavy atom. The van der Waals surface area contributed by atoms with E-state index in [1.54, 1.807) is 19.2 Å². The molecule has 1 heterocycles. The second-order valence-corrected chi connectivity index (χ2v) is 5.35. The molecule has 0 bridgehead atoms. The van der Waals surface area contributed by atoms with Gasteiger partial charge in [-0.1, -0.05) is 12.1 Å². The topological polar surface area (TPSA) is 66.8 Å². The van der Waals surface area contributed by atoms with Crippen LogP contribution in [0.1, 0.15) is 41.1 Å². The highest BCUT2D eigenvalue weighted by molar-refractivity contribution is 5.87. The minimum absolute atomic E-state index is 0.128. The van der Waals surface area contributed by atoms with Gasteiger partial charge in [0.25, 0.3) is 0 Å². The first-order valence-electron chi connectivity index (χ1n) is 7.21. The summed E-state index contributed by atoms with van der Waals surface area (Å²) in [5.41, 5.74) is 1.40. The van der Waals surface area contributed by atoms with E-state index in [2.05, 4.69) is 0 Å². The zero-order valence-corrected chi connectivity index (χ0v) is 12.2. The largest absolute Gasteiger partial charge is 0.478 e. The third-order valence-corrected chi connectivity index (χ3v) is 3.92. The highest BCUT2D eigenvalue weighted by Crippen LogP contribution is 2.27. The van der Waals surface area contributed by atoms with Crippen LogP contribution in [-0.2, 0) is 9.53 Å². The van der Waals surface area contributed by atoms with Crippen LogP contribution in [0.3, 0.4) is 0 Å². The molecule has 0 radical (unpaired) electrons. The van der Waals surface area contributed by atoms with Gasteiger partial charge < -0.3 is 14.7 Å². The van der Waals surface area contributed by atoms with Crippen LogP contribution < -0.4 is 0 Å². The number of hydrogen-bond acceptors (Lipinski definition) is 3. The van der Waals surface area contributed by atoms with Crippen molar-refractivity contribution < 1.29 is 19.4 Å². The molecular formula is C16H21NO4. The van der Waals surface area contributed by atoms with Gasteiger partial charge in [-0.3, -0.25) is 4.79 Å². The summed E-state index contributed by atoms with van der Waals surface area (Å²) >= 11 is 0. The number of carboxylic acid groups (broad SMARTS) is 1. The van der Waals surface area contributed by atoms with E-state index in [-0.39, 0.29) is 11.8 Å². The molecule has 1 saturated heterocycles. The Morgan fingerprint density at radius 2 is 2.05 bits per heavy atom. The van der Waals surface area contributed by atoms with Crippen molar-refractivity contribution in [1.29, 1.82) is 0 Å². The quantitative estimate of drug-likeness (QED) is 0.902. The van der Waals surface area contributed by atoms with Crippen LogP contribution in [0, 0.1) is 0 Å². The molecule has 5 heteroatoms. The summed E-state index contributed by atoms with van der Waals surface area (Å²) in [6.07, 6.45) is 2.42. The van der Waals surface area contributed by atoms with Crippen molar-refractivity contribution >= 4 is 11.9 Å². The lowest BCUT2D eigenvalue weighted by molar-refractivity contribution is -0.133. The number of methoxy groups -OCH3 is 1. The van der Waals surface area contributed by atoms with Gasteiger partial charge in [-0.05, 0) is 30.5 Å². The first-order valence-corrected chi connectivity index (χ1v) is 7.21. The molecule has 1 atom stereocenters. The molecule has 1 aliphatic heterocycles. The third kappa shape index (κ3) is 4.04. The van der Waals surface area contributed by atoms with Gasteiger partial charge in [0.1, 0.15) is 0 Å². The Kier molecular flexibility index (Phi) is 5.33. The van der Waals surface area contributed by atoms with Crippen LogP contribution in [0.5, 0.6) is 0 Å². The molecule has 0 aromatic heterocycles. The van der Waals surface area contributed by atoms with E-state index < -0.39 is 5.97 Å². The van der Waals surface area contributed by atoms with Crippen molar-refractivity contribution in [3.8, 4) is 0 Å². The highest BCUT2D eigenvalue weighted by atomic mass is 16.5. The summed E-state index contributed by atoms with van der Waals surface area (Å²) in [6, 6.07) is 6.97. The number of aromatic carboxylic acids is 1. The van der Waals surface area contributed by atoms with Crippen LogP contribution in [0.2, 0.25) is 0 Å². The molecule has 5 nitrogen and oxygen atoms in total. The maximum atomic E-state index is 12.0. The molecule has 1 N–H and O–H groups in total. The summed E-state index contributed by atoms with van der Waals surface area (Å²) in [6.45, 7) is 1.95. The number of rotatable bonds is 5. The Morgan fingerprint density at radius 1 is 1.33 bits per heavy atom. The predicted molar refractivity (Wildman–Crippen MR) is 78.4 cm³/mol. The van der Waals surface area contributed by atoms with Crippen LogP contribution in [-0.4, -0.2) is 48.7 Å². The molecule has 0 saturated carbocycles. The van der Waals surface area contributed by atoms with Crippen LogP contribution >= 0.6 is 0 Å². The fourth-order valence-corrected chi connectivity index (χ4v) is 2.72. The Hall–Kier alpha value is -1.88. The highest BCUT2D eigenvalue weighted by Gasteiger charge is 2.24. The van der Waals surface area contributed by atoms with Gasteiger partial charge in [0.15, 0.2) is 0 Å². The maximum absolute atomic E-state index is 12.0. The number of amides is 1. The molecule has 0 aliphatic carbocycles. The van der Waals surface area contributed by atoms with Crippen LogP contribution in [0.4, 0.5) is 0 Å². The smallest absolute Gasteiger partial charge is 0.335 e. The molecule has 0 unspecified atom stereocenters. The second kappa shape index (κ2) is 7.22. The maximum Gasteiger partial charge on any atom is 0.335 e. The molecule has 1 amide bonds. The van der Waals surface area contributed by atoms with Crippen LogP contribution in [0.15, 0.2) is 24.3 Å². The molecule has 1 aromatic carbocycles. The average Bonchev–Trinajstić information content (AvgIpc) is 2.52. The minimum atomic E-state index is -0.915. The van der Waals surface area contributed by atoms with E-state index in [4.69, 9.17) is 9.84 Å². The lowest BCUT2D eigenvalue weighted by atomic mass is 9.90. The molecule has 21 heavy (non-hydrogen) atoms. The summed E-state index contributed by atoms with van der Waals surface area (Å²) in [5, 5.41) is 8.92. The summed E-state index contributed by atoms with van der Waals surface area (Å²) in [5.74, 6) is -0.502. The summed E-state index contributed by atoms with van der Waals surface area (Å²) in [7, 11) is 1.59. The van der Waals surface area contributed by atoms with Crippen LogP contribution in [0.25, 0.3) is 0 Å². The van der Waals surface area contributed by atoms with Gasteiger partial charge in [-0.25, -0.2) is 4.79 Å². The number of piperidine rings is 1. The first-order chi connectivity index (χ1) is 10.1. The SMILES string of the molecule is COCCC(=O)N1CCC[C@H](c2ccc(C(=O)O)cc2)C1. The lowest BCUT2D eigenvalue weighted by Gasteiger charge is -2.33. The Balaban J connectivity index is 2.00. The molecule has 114 valence electrons. The van der Waals surface area contributed by atoms with E-state index in [1.165, 1.54) is 0 Å². The number of carboxylic acids is 1. The van der Waals surface area contributed by atoms with E-state index in [9.17, 15) is 9.59 Å². The van der Waals surface area contributed by atoms with Gasteiger partial charge in [-0.2, -0.15) is 0 Å². The van der Waals surface area contributed by atoms with Crippen molar-refractivity contribution in [2.24, 2.45) is 0 Å². The number of likely N-dealkylation sites (tertiary alicyclic amines) is 1. The molecule has 1 fully saturated rings. The zero-order chi connectivity index (χ0) is 15.2. The average molecular weight is 291 g/mol. The van der Waals surface area contributed by atoms with Gasteiger partial charge >= 0.3 is 5.97 Å². The standard InChI is InChI=1S/C16H21NO4/c1-21-10-8-15(18)17-9-2-3-14(11-17)12-4-6-13(7-5-12)16(19)20/h4-7,14H,2-3,8-11H2,1H3,(H,19,20)/t14-/m0/s1. The molecule has 1 aliphatic rings. The molecule has 1 aromatic rings. The van der Waals surface area contributed by atoms with E-state index in [0.29, 0.717) is 25.1 Å². The van der Waals surface area contributed by atoms with Gasteiger partial charge in [0.2, 0.25) is 5.91 Å². The number of hydrogen-bond donors (Lipinski definition) is 1. The number of benzene rings is 1. The Labute approximate surface area is 124 Å². The van der Waals surface area contributed by atoms with Crippen molar-refractivity contribution in [3.05, 3.63) is 35.4 Å². The normalized spacial score (nSPS) is 18.5. The van der Waals surface area contributed by atoms with Gasteiger partial charge in [-0.15, -0.1) is 0 Å². The Bertz CT molecular complexity index is 498. The summed E-state index contributed by atoms with van der Waals surface area (Å²) < 4.78 is 4.95. The second-order valence-electron chi connectivity index (χ2n) is 5.35. The lowest BCUT2D eigenvalue weighted by Crippen LogP contribution is -2.39. The number of carbonyl (C=O) groups excluding carboxylic acids is 1. The van der Waals surface area contributed by atoms with Crippen molar-refractivity contribution in [2.75, 3.05) is 26.8 Å². The third-order valence-electron chi connectivity index (χ3n) is 3.92. The van der Waals surface area contributed by atoms with Crippen molar-refractivity contribution in [3.63, 3.8) is 0 Å². The molecule has 2 rings (SSSR count). The van der Waals surface area contributed by atoms with E-state index in [0.717, 1.165) is 24.9 Å². The molecule has 0 spiro atoms.